The Morgan fingerprint density at radius 2 is 1.95 bits per heavy atom. The molecule has 0 aliphatic heterocycles. The van der Waals surface area contributed by atoms with Crippen LogP contribution < -0.4 is 9.47 Å². The molecule has 0 fully saturated rings. The summed E-state index contributed by atoms with van der Waals surface area (Å²) in [6.45, 7) is 6.27. The Morgan fingerprint density at radius 3 is 2.48 bits per heavy atom. The molecule has 4 nitrogen and oxygen atoms in total. The van der Waals surface area contributed by atoms with Crippen molar-refractivity contribution in [3.05, 3.63) is 38.8 Å². The fourth-order valence-electron chi connectivity index (χ4n) is 1.49. The standard InChI is InChI=1S/C15H12Br2N2O2/c1-3-5-21-15-12(20-4-2)7-11(13(16)14(15)17)6-10(8-18)9-19/h3,6-7H,1,4-5H2,2H3. The first kappa shape index (κ1) is 17.3. The summed E-state index contributed by atoms with van der Waals surface area (Å²) in [7, 11) is 0. The van der Waals surface area contributed by atoms with Crippen LogP contribution >= 0.6 is 31.9 Å². The summed E-state index contributed by atoms with van der Waals surface area (Å²) in [6.07, 6.45) is 3.11. The third kappa shape index (κ3) is 4.35. The van der Waals surface area contributed by atoms with Crippen LogP contribution in [0.15, 0.2) is 33.2 Å². The molecule has 0 N–H and O–H groups in total. The first-order valence-corrected chi connectivity index (χ1v) is 7.58. The first-order valence-electron chi connectivity index (χ1n) is 5.99. The summed E-state index contributed by atoms with van der Waals surface area (Å²) >= 11 is 6.86. The summed E-state index contributed by atoms with van der Waals surface area (Å²) in [6, 6.07) is 5.37. The van der Waals surface area contributed by atoms with E-state index in [1.54, 1.807) is 12.1 Å². The van der Waals surface area contributed by atoms with E-state index in [1.807, 2.05) is 19.1 Å². The topological polar surface area (TPSA) is 66.0 Å². The molecular formula is C15H12Br2N2O2. The number of hydrogen-bond donors (Lipinski definition) is 0. The Hall–Kier alpha value is -1.76. The molecule has 0 heterocycles. The maximum atomic E-state index is 8.86. The molecule has 6 heteroatoms. The van der Waals surface area contributed by atoms with Crippen LogP contribution in [0.25, 0.3) is 6.08 Å². The Balaban J connectivity index is 3.44. The second-order valence-electron chi connectivity index (χ2n) is 3.74. The van der Waals surface area contributed by atoms with Crippen LogP contribution in [0.1, 0.15) is 12.5 Å². The molecule has 0 aliphatic rings. The highest BCUT2D eigenvalue weighted by Gasteiger charge is 2.16. The van der Waals surface area contributed by atoms with Crippen LogP contribution in [0.3, 0.4) is 0 Å². The number of rotatable bonds is 6. The van der Waals surface area contributed by atoms with Gasteiger partial charge in [0.15, 0.2) is 11.5 Å². The number of allylic oxidation sites excluding steroid dienone is 1. The monoisotopic (exact) mass is 410 g/mol. The van der Waals surface area contributed by atoms with Crippen molar-refractivity contribution >= 4 is 37.9 Å². The van der Waals surface area contributed by atoms with Gasteiger partial charge in [0, 0.05) is 4.47 Å². The maximum Gasteiger partial charge on any atom is 0.176 e. The quantitative estimate of drug-likeness (QED) is 0.506. The van der Waals surface area contributed by atoms with E-state index >= 15 is 0 Å². The van der Waals surface area contributed by atoms with Gasteiger partial charge in [-0.3, -0.25) is 0 Å². The van der Waals surface area contributed by atoms with Gasteiger partial charge in [0.05, 0.1) is 11.1 Å². The molecule has 0 unspecified atom stereocenters. The maximum absolute atomic E-state index is 8.86. The molecule has 21 heavy (non-hydrogen) atoms. The third-order valence-corrected chi connectivity index (χ3v) is 4.49. The summed E-state index contributed by atoms with van der Waals surface area (Å²) in [4.78, 5) is 0. The number of nitriles is 2. The molecule has 0 atom stereocenters. The second kappa shape index (κ2) is 8.51. The van der Waals surface area contributed by atoms with Crippen molar-refractivity contribution in [1.82, 2.24) is 0 Å². The van der Waals surface area contributed by atoms with E-state index in [1.165, 1.54) is 6.08 Å². The van der Waals surface area contributed by atoms with E-state index in [0.29, 0.717) is 39.2 Å². The normalized spacial score (nSPS) is 9.19. The lowest BCUT2D eigenvalue weighted by Gasteiger charge is -2.15. The molecule has 0 amide bonds. The van der Waals surface area contributed by atoms with Crippen LogP contribution in [-0.4, -0.2) is 13.2 Å². The third-order valence-electron chi connectivity index (χ3n) is 2.34. The van der Waals surface area contributed by atoms with E-state index in [9.17, 15) is 0 Å². The molecule has 108 valence electrons. The van der Waals surface area contributed by atoms with E-state index in [-0.39, 0.29) is 5.57 Å². The van der Waals surface area contributed by atoms with Gasteiger partial charge in [0.1, 0.15) is 24.3 Å². The van der Waals surface area contributed by atoms with Crippen LogP contribution in [0.4, 0.5) is 0 Å². The summed E-state index contributed by atoms with van der Waals surface area (Å²) in [5, 5.41) is 17.7. The van der Waals surface area contributed by atoms with Gasteiger partial charge in [-0.2, -0.15) is 10.5 Å². The van der Waals surface area contributed by atoms with Gasteiger partial charge in [0.25, 0.3) is 0 Å². The number of ether oxygens (including phenoxy) is 2. The number of benzene rings is 1. The first-order chi connectivity index (χ1) is 10.1. The van der Waals surface area contributed by atoms with E-state index in [2.05, 4.69) is 38.4 Å². The summed E-state index contributed by atoms with van der Waals surface area (Å²) in [5.41, 5.74) is 0.652. The molecule has 0 radical (unpaired) electrons. The molecule has 1 aromatic rings. The number of hydrogen-bond acceptors (Lipinski definition) is 4. The Bertz CT molecular complexity index is 639. The lowest BCUT2D eigenvalue weighted by atomic mass is 10.1. The largest absolute Gasteiger partial charge is 0.490 e. The lowest BCUT2D eigenvalue weighted by molar-refractivity contribution is 0.295. The van der Waals surface area contributed by atoms with Gasteiger partial charge in [-0.25, -0.2) is 0 Å². The zero-order valence-corrected chi connectivity index (χ0v) is 14.5. The summed E-state index contributed by atoms with van der Waals surface area (Å²) < 4.78 is 12.5. The average Bonchev–Trinajstić information content (AvgIpc) is 2.49. The Kier molecular flexibility index (Phi) is 7.01. The van der Waals surface area contributed by atoms with Gasteiger partial charge >= 0.3 is 0 Å². The minimum Gasteiger partial charge on any atom is -0.490 e. The van der Waals surface area contributed by atoms with Crippen molar-refractivity contribution in [2.24, 2.45) is 0 Å². The molecular weight excluding hydrogens is 400 g/mol. The minimum absolute atomic E-state index is 0.00445. The molecule has 0 spiro atoms. The van der Waals surface area contributed by atoms with Crippen molar-refractivity contribution in [3.8, 4) is 23.6 Å². The fraction of sp³-hybridized carbons (Fsp3) is 0.200. The highest BCUT2D eigenvalue weighted by molar-refractivity contribution is 9.13. The van der Waals surface area contributed by atoms with Crippen LogP contribution in [0, 0.1) is 22.7 Å². The highest BCUT2D eigenvalue weighted by atomic mass is 79.9. The molecule has 0 aromatic heterocycles. The smallest absolute Gasteiger partial charge is 0.176 e. The van der Waals surface area contributed by atoms with Gasteiger partial charge in [0.2, 0.25) is 0 Å². The van der Waals surface area contributed by atoms with E-state index < -0.39 is 0 Å². The fourth-order valence-corrected chi connectivity index (χ4v) is 2.44. The predicted molar refractivity (Wildman–Crippen MR) is 87.9 cm³/mol. The predicted octanol–water partition coefficient (Wildman–Crippen LogP) is 4.61. The van der Waals surface area contributed by atoms with Crippen molar-refractivity contribution in [3.63, 3.8) is 0 Å². The highest BCUT2D eigenvalue weighted by Crippen LogP contribution is 2.43. The minimum atomic E-state index is 0.00445. The van der Waals surface area contributed by atoms with Gasteiger partial charge in [-0.05, 0) is 56.5 Å². The van der Waals surface area contributed by atoms with Crippen molar-refractivity contribution in [2.45, 2.75) is 6.92 Å². The van der Waals surface area contributed by atoms with Crippen LogP contribution in [0.5, 0.6) is 11.5 Å². The zero-order chi connectivity index (χ0) is 15.8. The van der Waals surface area contributed by atoms with Gasteiger partial charge < -0.3 is 9.47 Å². The number of halogens is 2. The molecule has 0 saturated heterocycles. The Labute approximate surface area is 140 Å². The van der Waals surface area contributed by atoms with Crippen LogP contribution in [0.2, 0.25) is 0 Å². The summed E-state index contributed by atoms with van der Waals surface area (Å²) in [5.74, 6) is 1.06. The Morgan fingerprint density at radius 1 is 1.29 bits per heavy atom. The molecule has 0 saturated carbocycles. The molecule has 0 aliphatic carbocycles. The van der Waals surface area contributed by atoms with Crippen LogP contribution in [-0.2, 0) is 0 Å². The van der Waals surface area contributed by atoms with Crippen molar-refractivity contribution in [2.75, 3.05) is 13.2 Å². The number of nitrogens with zero attached hydrogens (tertiary/aromatic N) is 2. The molecule has 0 bridgehead atoms. The average molecular weight is 412 g/mol. The van der Waals surface area contributed by atoms with Crippen molar-refractivity contribution in [1.29, 1.82) is 10.5 Å². The van der Waals surface area contributed by atoms with E-state index in [4.69, 9.17) is 20.0 Å². The lowest BCUT2D eigenvalue weighted by Crippen LogP contribution is -2.01. The second-order valence-corrected chi connectivity index (χ2v) is 5.32. The SMILES string of the molecule is C=CCOc1c(OCC)cc(C=C(C#N)C#N)c(Br)c1Br. The molecule has 1 aromatic carbocycles. The van der Waals surface area contributed by atoms with Gasteiger partial charge in [-0.1, -0.05) is 12.7 Å². The van der Waals surface area contributed by atoms with E-state index in [0.717, 1.165) is 0 Å². The molecule has 1 rings (SSSR count). The van der Waals surface area contributed by atoms with Crippen molar-refractivity contribution < 1.29 is 9.47 Å². The van der Waals surface area contributed by atoms with Gasteiger partial charge in [-0.15, -0.1) is 0 Å². The zero-order valence-electron chi connectivity index (χ0n) is 11.3.